The van der Waals surface area contributed by atoms with Crippen LogP contribution in [0.2, 0.25) is 0 Å². The molecule has 0 aliphatic carbocycles. The molecule has 2 aliphatic rings. The van der Waals surface area contributed by atoms with Crippen LogP contribution in [0.4, 0.5) is 11.6 Å². The molecule has 0 saturated carbocycles. The summed E-state index contributed by atoms with van der Waals surface area (Å²) in [6, 6.07) is 6.08. The fraction of sp³-hybridized carbons (Fsp3) is 0.389. The van der Waals surface area contributed by atoms with Gasteiger partial charge in [0.25, 0.3) is 0 Å². The zero-order chi connectivity index (χ0) is 16.8. The molecule has 25 heavy (non-hydrogen) atoms. The number of rotatable bonds is 2. The van der Waals surface area contributed by atoms with Crippen LogP contribution in [0.5, 0.6) is 0 Å². The van der Waals surface area contributed by atoms with E-state index < -0.39 is 0 Å². The van der Waals surface area contributed by atoms with Crippen LogP contribution in [0.1, 0.15) is 5.69 Å². The Morgan fingerprint density at radius 1 is 0.880 bits per heavy atom. The summed E-state index contributed by atoms with van der Waals surface area (Å²) < 4.78 is 0. The smallest absolute Gasteiger partial charge is 0.164 e. The van der Waals surface area contributed by atoms with Crippen molar-refractivity contribution in [2.24, 2.45) is 11.8 Å². The van der Waals surface area contributed by atoms with E-state index in [0.717, 1.165) is 54.5 Å². The number of hydrogen-bond donors (Lipinski definition) is 0. The van der Waals surface area contributed by atoms with Crippen LogP contribution in [0.15, 0.2) is 37.1 Å². The number of nitrogens with zero attached hydrogens (tertiary/aromatic N) is 7. The minimum Gasteiger partial charge on any atom is -0.356 e. The van der Waals surface area contributed by atoms with Crippen LogP contribution in [0, 0.1) is 18.8 Å². The summed E-state index contributed by atoms with van der Waals surface area (Å²) in [4.78, 5) is 26.6. The van der Waals surface area contributed by atoms with Gasteiger partial charge in [-0.3, -0.25) is 0 Å². The molecule has 7 heteroatoms. The molecule has 0 amide bonds. The lowest BCUT2D eigenvalue weighted by Crippen LogP contribution is -2.29. The van der Waals surface area contributed by atoms with Crippen LogP contribution in [-0.4, -0.2) is 51.1 Å². The highest BCUT2D eigenvalue weighted by atomic mass is 15.3. The maximum Gasteiger partial charge on any atom is 0.164 e. The van der Waals surface area contributed by atoms with Crippen molar-refractivity contribution in [3.8, 4) is 0 Å². The summed E-state index contributed by atoms with van der Waals surface area (Å²) in [5.74, 6) is 3.33. The fourth-order valence-electron chi connectivity index (χ4n) is 4.10. The second-order valence-electron chi connectivity index (χ2n) is 6.92. The molecule has 5 rings (SSSR count). The standard InChI is InChI=1S/C18H19N7/c1-12-5-16(21-10-20-12)24-6-13-8-25(9-14(13)7-24)18-15-3-2-4-19-17(15)22-11-23-18/h2-5,10-11,13-14H,6-9H2,1H3. The van der Waals surface area contributed by atoms with E-state index in [1.54, 1.807) is 18.9 Å². The van der Waals surface area contributed by atoms with E-state index in [4.69, 9.17) is 0 Å². The summed E-state index contributed by atoms with van der Waals surface area (Å²) >= 11 is 0. The molecule has 0 radical (unpaired) electrons. The molecule has 3 aromatic rings. The Kier molecular flexibility index (Phi) is 3.26. The highest BCUT2D eigenvalue weighted by molar-refractivity contribution is 5.86. The van der Waals surface area contributed by atoms with Gasteiger partial charge >= 0.3 is 0 Å². The lowest BCUT2D eigenvalue weighted by molar-refractivity contribution is 0.533. The third-order valence-corrected chi connectivity index (χ3v) is 5.29. The first-order valence-electron chi connectivity index (χ1n) is 8.62. The average molecular weight is 333 g/mol. The number of aryl methyl sites for hydroxylation is 1. The summed E-state index contributed by atoms with van der Waals surface area (Å²) in [5, 5.41) is 1.04. The van der Waals surface area contributed by atoms with Crippen LogP contribution < -0.4 is 9.80 Å². The first-order chi connectivity index (χ1) is 12.3. The number of pyridine rings is 1. The summed E-state index contributed by atoms with van der Waals surface area (Å²) in [7, 11) is 0. The molecule has 2 atom stereocenters. The number of hydrogen-bond acceptors (Lipinski definition) is 7. The quantitative estimate of drug-likeness (QED) is 0.707. The lowest BCUT2D eigenvalue weighted by atomic mass is 10.0. The highest BCUT2D eigenvalue weighted by Crippen LogP contribution is 2.36. The van der Waals surface area contributed by atoms with E-state index >= 15 is 0 Å². The molecule has 0 bridgehead atoms. The SMILES string of the molecule is Cc1cc(N2CC3CN(c4ncnc5ncccc45)CC3C2)ncn1. The second kappa shape index (κ2) is 5.61. The Bertz CT molecular complexity index is 909. The zero-order valence-corrected chi connectivity index (χ0v) is 14.1. The van der Waals surface area contributed by atoms with Gasteiger partial charge in [0.05, 0.1) is 5.39 Å². The first kappa shape index (κ1) is 14.5. The Morgan fingerprint density at radius 3 is 2.44 bits per heavy atom. The third-order valence-electron chi connectivity index (χ3n) is 5.29. The Hall–Kier alpha value is -2.83. The monoisotopic (exact) mass is 333 g/mol. The van der Waals surface area contributed by atoms with Crippen LogP contribution >= 0.6 is 0 Å². The molecule has 0 spiro atoms. The summed E-state index contributed by atoms with van der Waals surface area (Å²) in [5.41, 5.74) is 1.78. The third kappa shape index (κ3) is 2.47. The molecule has 126 valence electrons. The van der Waals surface area contributed by atoms with E-state index in [1.807, 2.05) is 13.0 Å². The fourth-order valence-corrected chi connectivity index (χ4v) is 4.10. The van der Waals surface area contributed by atoms with E-state index in [1.165, 1.54) is 0 Å². The normalized spacial score (nSPS) is 22.6. The minimum atomic E-state index is 0.636. The van der Waals surface area contributed by atoms with Crippen LogP contribution in [-0.2, 0) is 0 Å². The van der Waals surface area contributed by atoms with Gasteiger partial charge in [-0.1, -0.05) is 0 Å². The Balaban J connectivity index is 1.37. The predicted molar refractivity (Wildman–Crippen MR) is 95.5 cm³/mol. The zero-order valence-electron chi connectivity index (χ0n) is 14.1. The Morgan fingerprint density at radius 2 is 1.64 bits per heavy atom. The lowest BCUT2D eigenvalue weighted by Gasteiger charge is -2.23. The van der Waals surface area contributed by atoms with Crippen molar-refractivity contribution in [2.75, 3.05) is 36.0 Å². The van der Waals surface area contributed by atoms with Gasteiger partial charge in [-0.05, 0) is 19.1 Å². The largest absolute Gasteiger partial charge is 0.356 e. The van der Waals surface area contributed by atoms with E-state index in [9.17, 15) is 0 Å². The number of anilines is 2. The van der Waals surface area contributed by atoms with Crippen molar-refractivity contribution in [3.05, 3.63) is 42.7 Å². The molecule has 2 fully saturated rings. The predicted octanol–water partition coefficient (Wildman–Crippen LogP) is 1.70. The van der Waals surface area contributed by atoms with Gasteiger partial charge in [0, 0.05) is 56.0 Å². The van der Waals surface area contributed by atoms with E-state index in [0.29, 0.717) is 11.8 Å². The molecule has 5 heterocycles. The molecule has 3 aromatic heterocycles. The molecule has 0 N–H and O–H groups in total. The van der Waals surface area contributed by atoms with Crippen molar-refractivity contribution in [3.63, 3.8) is 0 Å². The van der Waals surface area contributed by atoms with Gasteiger partial charge in [-0.2, -0.15) is 0 Å². The highest BCUT2D eigenvalue weighted by Gasteiger charge is 2.41. The van der Waals surface area contributed by atoms with Crippen molar-refractivity contribution in [2.45, 2.75) is 6.92 Å². The van der Waals surface area contributed by atoms with Crippen molar-refractivity contribution < 1.29 is 0 Å². The Labute approximate surface area is 145 Å². The van der Waals surface area contributed by atoms with E-state index in [2.05, 4.69) is 46.9 Å². The first-order valence-corrected chi connectivity index (χ1v) is 8.62. The molecule has 2 unspecified atom stereocenters. The van der Waals surface area contributed by atoms with Crippen molar-refractivity contribution in [1.82, 2.24) is 24.9 Å². The summed E-state index contributed by atoms with van der Waals surface area (Å²) in [6.45, 7) is 6.13. The molecule has 7 nitrogen and oxygen atoms in total. The van der Waals surface area contributed by atoms with Gasteiger partial charge in [0.2, 0.25) is 0 Å². The van der Waals surface area contributed by atoms with Crippen LogP contribution in [0.25, 0.3) is 11.0 Å². The minimum absolute atomic E-state index is 0.636. The maximum absolute atomic E-state index is 4.55. The van der Waals surface area contributed by atoms with Gasteiger partial charge in [-0.25, -0.2) is 24.9 Å². The molecular weight excluding hydrogens is 314 g/mol. The van der Waals surface area contributed by atoms with Gasteiger partial charge in [0.15, 0.2) is 5.65 Å². The molecule has 0 aromatic carbocycles. The number of aromatic nitrogens is 5. The van der Waals surface area contributed by atoms with Gasteiger partial charge in [0.1, 0.15) is 24.3 Å². The molecule has 2 aliphatic heterocycles. The second-order valence-corrected chi connectivity index (χ2v) is 6.92. The van der Waals surface area contributed by atoms with Gasteiger partial charge < -0.3 is 9.80 Å². The molecule has 2 saturated heterocycles. The van der Waals surface area contributed by atoms with Crippen molar-refractivity contribution >= 4 is 22.7 Å². The summed E-state index contributed by atoms with van der Waals surface area (Å²) in [6.07, 6.45) is 5.05. The maximum atomic E-state index is 4.55. The van der Waals surface area contributed by atoms with Crippen LogP contribution in [0.3, 0.4) is 0 Å². The van der Waals surface area contributed by atoms with E-state index in [-0.39, 0.29) is 0 Å². The van der Waals surface area contributed by atoms with Crippen molar-refractivity contribution in [1.29, 1.82) is 0 Å². The topological polar surface area (TPSA) is 70.9 Å². The number of fused-ring (bicyclic) bond motifs is 2. The molecular formula is C18H19N7. The van der Waals surface area contributed by atoms with Gasteiger partial charge in [-0.15, -0.1) is 0 Å². The average Bonchev–Trinajstić information content (AvgIpc) is 3.20.